The first-order chi connectivity index (χ1) is 7.84. The van der Waals surface area contributed by atoms with Crippen molar-refractivity contribution in [2.24, 2.45) is 0 Å². The van der Waals surface area contributed by atoms with E-state index in [1.54, 1.807) is 0 Å². The number of rotatable bonds is 2. The largest absolute Gasteiger partial charge is 0.593 e. The fourth-order valence-electron chi connectivity index (χ4n) is 1.15. The molecule has 0 saturated heterocycles. The molecule has 1 unspecified atom stereocenters. The van der Waals surface area contributed by atoms with Gasteiger partial charge in [0.15, 0.2) is 11.9 Å². The number of hydrogen-bond donors (Lipinski definition) is 3. The molecule has 2 aromatic rings. The zero-order valence-electron chi connectivity index (χ0n) is 7.52. The van der Waals surface area contributed by atoms with Crippen molar-refractivity contribution in [2.75, 3.05) is 5.06 Å². The lowest BCUT2D eigenvalue weighted by molar-refractivity contribution is -1.00. The van der Waals surface area contributed by atoms with Crippen LogP contribution in [0.4, 0.5) is 5.95 Å². The Morgan fingerprint density at radius 3 is 2.75 bits per heavy atom. The van der Waals surface area contributed by atoms with Gasteiger partial charge in [0.05, 0.1) is 0 Å². The summed E-state index contributed by atoms with van der Waals surface area (Å²) >= 11 is 0. The van der Waals surface area contributed by atoms with Crippen molar-refractivity contribution in [3.63, 3.8) is 0 Å². The summed E-state index contributed by atoms with van der Waals surface area (Å²) in [7, 11) is 0. The molecule has 0 radical (unpaired) electrons. The zero-order chi connectivity index (χ0) is 11.0. The third kappa shape index (κ3) is 1.29. The summed E-state index contributed by atoms with van der Waals surface area (Å²) in [5, 5.41) is 37.6. The molecular weight excluding hydrogens is 220 g/mol. The molecule has 2 aromatic heterocycles. The first kappa shape index (κ1) is 8.84. The number of nitrogens with one attached hydrogen (secondary N) is 3. The minimum atomic E-state index is -0.579. The first-order valence-corrected chi connectivity index (χ1v) is 4.05. The van der Waals surface area contributed by atoms with Crippen molar-refractivity contribution in [3.05, 3.63) is 17.2 Å². The van der Waals surface area contributed by atoms with Crippen molar-refractivity contribution >= 4 is 11.6 Å². The molecule has 0 fully saturated rings. The van der Waals surface area contributed by atoms with Gasteiger partial charge in [0.25, 0.3) is 5.95 Å². The topological polar surface area (TPSA) is 149 Å². The van der Waals surface area contributed by atoms with Crippen LogP contribution in [-0.4, -0.2) is 41.2 Å². The Kier molecular flexibility index (Phi) is 1.82. The van der Waals surface area contributed by atoms with Gasteiger partial charge in [-0.3, -0.25) is 0 Å². The maximum Gasteiger partial charge on any atom is 0.299 e. The fraction of sp³-hybridized carbons (Fsp3) is 0. The van der Waals surface area contributed by atoms with Crippen LogP contribution in [0.5, 0.6) is 0 Å². The van der Waals surface area contributed by atoms with Gasteiger partial charge in [0.2, 0.25) is 5.82 Å². The summed E-state index contributed by atoms with van der Waals surface area (Å²) in [6.07, 6.45) is 1.20. The van der Waals surface area contributed by atoms with Gasteiger partial charge in [-0.25, -0.2) is 0 Å². The van der Waals surface area contributed by atoms with Crippen molar-refractivity contribution in [2.45, 2.75) is 0 Å². The smallest absolute Gasteiger partial charge is 0.299 e. The van der Waals surface area contributed by atoms with E-state index in [1.165, 1.54) is 6.20 Å². The molecule has 0 amide bonds. The molecule has 12 heteroatoms. The highest BCUT2D eigenvalue weighted by Gasteiger charge is 2.32. The summed E-state index contributed by atoms with van der Waals surface area (Å²) in [5.41, 5.74) is 0.278. The van der Waals surface area contributed by atoms with Crippen LogP contribution in [-0.2, 0) is 4.94 Å². The summed E-state index contributed by atoms with van der Waals surface area (Å²) in [6.45, 7) is 0. The molecule has 0 aliphatic carbocycles. The second-order valence-electron chi connectivity index (χ2n) is 2.68. The van der Waals surface area contributed by atoms with E-state index in [-0.39, 0.29) is 17.5 Å². The van der Waals surface area contributed by atoms with Gasteiger partial charge in [-0.2, -0.15) is 15.7 Å². The standard InChI is InChI=1S/C4H4N10O2/c15-13-1-2(3-5-9-10-6-3)14(16-13)4-7-11-12-8-4/h1,13H,(H,5,6,9,10)(H,7,8,11,12). The normalized spacial score (nSPS) is 20.2. The van der Waals surface area contributed by atoms with Crippen LogP contribution in [0.1, 0.15) is 5.82 Å². The number of anilines is 1. The molecule has 3 N–H and O–H groups in total. The summed E-state index contributed by atoms with van der Waals surface area (Å²) in [4.78, 5) is 4.84. The molecule has 0 aromatic carbocycles. The lowest BCUT2D eigenvalue weighted by Gasteiger charge is -2.12. The predicted molar refractivity (Wildman–Crippen MR) is 44.2 cm³/mol. The Labute approximate surface area is 86.4 Å². The third-order valence-electron chi connectivity index (χ3n) is 1.74. The van der Waals surface area contributed by atoms with Crippen LogP contribution >= 0.6 is 0 Å². The Balaban J connectivity index is 1.99. The second kappa shape index (κ2) is 3.30. The summed E-state index contributed by atoms with van der Waals surface area (Å²) < 4.78 is 0. The molecule has 3 heterocycles. The Morgan fingerprint density at radius 2 is 2.06 bits per heavy atom. The molecule has 16 heavy (non-hydrogen) atoms. The van der Waals surface area contributed by atoms with Gasteiger partial charge >= 0.3 is 0 Å². The highest BCUT2D eigenvalue weighted by Crippen LogP contribution is 2.19. The second-order valence-corrected chi connectivity index (χ2v) is 2.68. The lowest BCUT2D eigenvalue weighted by Crippen LogP contribution is -3.00. The molecule has 82 valence electrons. The number of hydrogen-bond acceptors (Lipinski definition) is 9. The summed E-state index contributed by atoms with van der Waals surface area (Å²) in [6, 6.07) is 0. The highest BCUT2D eigenvalue weighted by atomic mass is 17.0. The molecular formula is C4H4N10O2. The van der Waals surface area contributed by atoms with Crippen molar-refractivity contribution < 1.29 is 10.2 Å². The van der Waals surface area contributed by atoms with Crippen LogP contribution < -0.4 is 10.3 Å². The monoisotopic (exact) mass is 224 g/mol. The SMILES string of the molecule is [O-][NH+]1C=C(c2nn[nH]n2)N(c2nn[nH]n2)O1. The fourth-order valence-corrected chi connectivity index (χ4v) is 1.15. The number of aromatic amines is 2. The van der Waals surface area contributed by atoms with E-state index >= 15 is 0 Å². The van der Waals surface area contributed by atoms with E-state index in [1.807, 2.05) is 0 Å². The van der Waals surface area contributed by atoms with Gasteiger partial charge < -0.3 is 5.21 Å². The van der Waals surface area contributed by atoms with E-state index < -0.39 is 5.23 Å². The Bertz CT molecular complexity index is 489. The number of hydroxylamine groups is 3. The molecule has 0 bridgehead atoms. The Morgan fingerprint density at radius 1 is 1.25 bits per heavy atom. The van der Waals surface area contributed by atoms with Crippen LogP contribution in [0.25, 0.3) is 5.70 Å². The number of aromatic nitrogens is 8. The molecule has 0 spiro atoms. The van der Waals surface area contributed by atoms with Gasteiger partial charge in [0.1, 0.15) is 0 Å². The third-order valence-corrected chi connectivity index (χ3v) is 1.74. The van der Waals surface area contributed by atoms with Gasteiger partial charge in [0, 0.05) is 0 Å². The van der Waals surface area contributed by atoms with Crippen LogP contribution in [0.3, 0.4) is 0 Å². The number of tetrazole rings is 2. The van der Waals surface area contributed by atoms with E-state index in [0.29, 0.717) is 0 Å². The lowest BCUT2D eigenvalue weighted by atomic mass is 10.4. The molecule has 1 aliphatic rings. The van der Waals surface area contributed by atoms with Crippen molar-refractivity contribution in [1.82, 2.24) is 41.2 Å². The molecule has 12 nitrogen and oxygen atoms in total. The van der Waals surface area contributed by atoms with Gasteiger partial charge in [-0.15, -0.1) is 20.4 Å². The molecule has 1 atom stereocenters. The predicted octanol–water partition coefficient (Wildman–Crippen LogP) is -3.24. The van der Waals surface area contributed by atoms with E-state index in [2.05, 4.69) is 41.2 Å². The van der Waals surface area contributed by atoms with E-state index in [4.69, 9.17) is 4.94 Å². The average molecular weight is 224 g/mol. The minimum Gasteiger partial charge on any atom is -0.593 e. The molecule has 1 aliphatic heterocycles. The number of quaternary nitrogens is 1. The van der Waals surface area contributed by atoms with Gasteiger partial charge in [-0.1, -0.05) is 10.0 Å². The maximum absolute atomic E-state index is 11.1. The Hall–Kier alpha value is -2.44. The van der Waals surface area contributed by atoms with Crippen molar-refractivity contribution in [1.29, 1.82) is 0 Å². The van der Waals surface area contributed by atoms with Crippen molar-refractivity contribution in [3.8, 4) is 0 Å². The molecule has 0 saturated carbocycles. The maximum atomic E-state index is 11.1. The van der Waals surface area contributed by atoms with Crippen LogP contribution in [0, 0.1) is 5.21 Å². The highest BCUT2D eigenvalue weighted by molar-refractivity contribution is 5.69. The zero-order valence-corrected chi connectivity index (χ0v) is 7.52. The van der Waals surface area contributed by atoms with E-state index in [0.717, 1.165) is 5.06 Å². The number of H-pyrrole nitrogens is 2. The first-order valence-electron chi connectivity index (χ1n) is 4.05. The average Bonchev–Trinajstić information content (AvgIpc) is 2.98. The number of nitrogens with zero attached hydrogens (tertiary/aromatic N) is 7. The van der Waals surface area contributed by atoms with E-state index in [9.17, 15) is 5.21 Å². The quantitative estimate of drug-likeness (QED) is 0.447. The van der Waals surface area contributed by atoms with Crippen LogP contribution in [0.2, 0.25) is 0 Å². The van der Waals surface area contributed by atoms with Crippen LogP contribution in [0.15, 0.2) is 6.20 Å². The summed E-state index contributed by atoms with van der Waals surface area (Å²) in [5.74, 6) is 0.262. The van der Waals surface area contributed by atoms with Gasteiger partial charge in [-0.05, 0) is 10.4 Å². The minimum absolute atomic E-state index is 0.0712. The molecule has 3 rings (SSSR count).